The summed E-state index contributed by atoms with van der Waals surface area (Å²) in [5.74, 6) is -4.69. The van der Waals surface area contributed by atoms with Crippen LogP contribution in [0.4, 0.5) is 0 Å². The van der Waals surface area contributed by atoms with Gasteiger partial charge in [-0.25, -0.2) is 9.59 Å². The number of hydrogen-bond donors (Lipinski definition) is 5. The fourth-order valence-electron chi connectivity index (χ4n) is 9.17. The number of ketones is 2. The molecule has 0 aliphatic carbocycles. The first-order valence-electron chi connectivity index (χ1n) is 36.3. The third-order valence-electron chi connectivity index (χ3n) is 14.8. The summed E-state index contributed by atoms with van der Waals surface area (Å²) in [5, 5.41) is 40.9. The summed E-state index contributed by atoms with van der Waals surface area (Å²) in [4.78, 5) is 97.9. The third-order valence-corrected chi connectivity index (χ3v) is 15.0. The number of carboxylic acids is 2. The first kappa shape index (κ1) is 99.8. The summed E-state index contributed by atoms with van der Waals surface area (Å²) in [6, 6.07) is 0. The summed E-state index contributed by atoms with van der Waals surface area (Å²) in [5.41, 5.74) is 0. The summed E-state index contributed by atoms with van der Waals surface area (Å²) < 4.78 is 20.2. The SMILES string of the molecule is C.CCCCCCCCCCCC(=O)Cl.CCCCCCCCCCCC(=O)OCC(=O)COC(=O)CCCCCCCCCCC.CCCCCCCCCCCC(=O)OCC(O)COC(=O)CCCCCCCCCCC.O=C(CO)CO.O=C(O)/C=C/C(=O)O. The smallest absolute Gasteiger partial charge is 0.328 e. The lowest BCUT2D eigenvalue weighted by atomic mass is 10.1. The highest BCUT2D eigenvalue weighted by Gasteiger charge is 2.13. The molecule has 0 unspecified atom stereocenters. The molecule has 0 aromatic carbocycles. The van der Waals surface area contributed by atoms with Crippen molar-refractivity contribution in [1.29, 1.82) is 0 Å². The average molecular weight is 1350 g/mol. The molecule has 0 aliphatic rings. The van der Waals surface area contributed by atoms with E-state index in [4.69, 9.17) is 51.0 Å². The molecule has 93 heavy (non-hydrogen) atoms. The summed E-state index contributed by atoms with van der Waals surface area (Å²) in [6.45, 7) is 9.19. The Morgan fingerprint density at radius 3 is 0.688 bits per heavy atom. The minimum absolute atomic E-state index is 0. The lowest BCUT2D eigenvalue weighted by Crippen LogP contribution is -2.25. The van der Waals surface area contributed by atoms with Gasteiger partial charge in [0.15, 0.2) is 19.0 Å². The Labute approximate surface area is 570 Å². The van der Waals surface area contributed by atoms with E-state index in [-0.39, 0.29) is 68.8 Å². The van der Waals surface area contributed by atoms with Crippen LogP contribution in [0.3, 0.4) is 0 Å². The van der Waals surface area contributed by atoms with Gasteiger partial charge in [-0.05, 0) is 43.7 Å². The Hall–Kier alpha value is -4.26. The number of hydrogen-bond acceptors (Lipinski definition) is 16. The second-order valence-corrected chi connectivity index (χ2v) is 24.4. The van der Waals surface area contributed by atoms with E-state index in [9.17, 15) is 48.3 Å². The zero-order valence-corrected chi connectivity index (χ0v) is 59.5. The second kappa shape index (κ2) is 85.8. The molecule has 0 rings (SSSR count). The Morgan fingerprint density at radius 1 is 0.312 bits per heavy atom. The second-order valence-electron chi connectivity index (χ2n) is 24.0. The number of aliphatic hydroxyl groups is 3. The van der Waals surface area contributed by atoms with Crippen molar-refractivity contribution < 1.29 is 87.6 Å². The minimum atomic E-state index is -1.26. The Morgan fingerprint density at radius 2 is 0.505 bits per heavy atom. The van der Waals surface area contributed by atoms with Gasteiger partial charge >= 0.3 is 35.8 Å². The number of aliphatic hydroxyl groups excluding tert-OH is 3. The maximum atomic E-state index is 11.8. The quantitative estimate of drug-likeness (QED) is 0.0124. The summed E-state index contributed by atoms with van der Waals surface area (Å²) in [7, 11) is 0. The maximum Gasteiger partial charge on any atom is 0.328 e. The minimum Gasteiger partial charge on any atom is -0.478 e. The van der Waals surface area contributed by atoms with Crippen molar-refractivity contribution in [2.45, 2.75) is 369 Å². The first-order chi connectivity index (χ1) is 44.4. The molecular formula is C74H139ClO18. The molecule has 18 nitrogen and oxygen atoms in total. The van der Waals surface area contributed by atoms with E-state index < -0.39 is 37.0 Å². The summed E-state index contributed by atoms with van der Waals surface area (Å²) >= 11 is 5.24. The molecule has 0 spiro atoms. The van der Waals surface area contributed by atoms with Crippen LogP contribution in [0.5, 0.6) is 0 Å². The van der Waals surface area contributed by atoms with Gasteiger partial charge in [0.25, 0.3) is 0 Å². The number of unbranched alkanes of at least 4 members (excludes halogenated alkanes) is 40. The number of halogens is 1. The van der Waals surface area contributed by atoms with E-state index in [0.717, 1.165) is 89.9 Å². The van der Waals surface area contributed by atoms with E-state index in [0.29, 0.717) is 44.3 Å². The Balaban J connectivity index is -0.000000287. The monoisotopic (exact) mass is 1350 g/mol. The van der Waals surface area contributed by atoms with E-state index in [1.807, 2.05) is 0 Å². The average Bonchev–Trinajstić information content (AvgIpc) is 3.74. The number of aliphatic carboxylic acids is 2. The zero-order chi connectivity index (χ0) is 69.6. The fourth-order valence-corrected chi connectivity index (χ4v) is 9.30. The number of carboxylic acid groups (broad SMARTS) is 2. The highest BCUT2D eigenvalue weighted by molar-refractivity contribution is 6.63. The Kier molecular flexibility index (Phi) is 92.0. The molecule has 0 aromatic heterocycles. The van der Waals surface area contributed by atoms with Crippen LogP contribution in [-0.2, 0) is 62.1 Å². The molecule has 5 N–H and O–H groups in total. The van der Waals surface area contributed by atoms with Gasteiger partial charge in [-0.15, -0.1) is 0 Å². The zero-order valence-electron chi connectivity index (χ0n) is 58.8. The number of carbonyl (C=O) groups excluding carboxylic acids is 7. The molecule has 0 atom stereocenters. The third kappa shape index (κ3) is 101. The lowest BCUT2D eigenvalue weighted by molar-refractivity contribution is -0.153. The molecule has 0 aliphatic heterocycles. The first-order valence-corrected chi connectivity index (χ1v) is 36.7. The van der Waals surface area contributed by atoms with Crippen LogP contribution in [0.15, 0.2) is 12.2 Å². The van der Waals surface area contributed by atoms with Crippen molar-refractivity contribution in [3.8, 4) is 0 Å². The molecule has 0 saturated carbocycles. The van der Waals surface area contributed by atoms with Crippen molar-refractivity contribution in [3.05, 3.63) is 12.2 Å². The molecule has 0 bridgehead atoms. The standard InChI is InChI=1S/C27H52O5.C27H50O5.C12H23ClO.C4H4O4.C3H6O3.CH4/c2*1-3-5-7-9-11-13-15-17-19-21-26(29)31-23-25(28)24-32-27(30)22-20-18-16-14-12-10-8-6-4-2;1-2-3-4-5-6-7-8-9-10-11-12(13)14;5-3(6)1-2-4(7)8;4-1-3(6)2-5;/h25,28H,3-24H2,1-2H3;3-24H2,1-2H3;2-11H2,1H3;1-2H,(H,5,6)(H,7,8);4-5H,1-2H2;1H4/b;;;2-1+;;. The van der Waals surface area contributed by atoms with E-state index in [1.165, 1.54) is 199 Å². The van der Waals surface area contributed by atoms with Gasteiger partial charge < -0.3 is 44.5 Å². The van der Waals surface area contributed by atoms with Crippen molar-refractivity contribution in [1.82, 2.24) is 0 Å². The van der Waals surface area contributed by atoms with Gasteiger partial charge in [0.1, 0.15) is 32.5 Å². The highest BCUT2D eigenvalue weighted by atomic mass is 35.5. The number of esters is 4. The molecule has 0 saturated heterocycles. The normalized spacial score (nSPS) is 10.5. The molecule has 0 heterocycles. The van der Waals surface area contributed by atoms with Gasteiger partial charge in [0.2, 0.25) is 11.0 Å². The van der Waals surface area contributed by atoms with Gasteiger partial charge in [-0.1, -0.05) is 299 Å². The van der Waals surface area contributed by atoms with Crippen LogP contribution in [0.1, 0.15) is 363 Å². The molecule has 0 aromatic rings. The van der Waals surface area contributed by atoms with Crippen LogP contribution in [0.25, 0.3) is 0 Å². The van der Waals surface area contributed by atoms with E-state index >= 15 is 0 Å². The molecule has 0 amide bonds. The van der Waals surface area contributed by atoms with Gasteiger partial charge in [-0.3, -0.25) is 33.6 Å². The van der Waals surface area contributed by atoms with Crippen LogP contribution in [0, 0.1) is 0 Å². The van der Waals surface area contributed by atoms with Crippen LogP contribution in [-0.4, -0.2) is 124 Å². The van der Waals surface area contributed by atoms with Crippen LogP contribution < -0.4 is 0 Å². The number of carbonyl (C=O) groups is 9. The number of rotatable bonds is 62. The van der Waals surface area contributed by atoms with E-state index in [2.05, 4.69) is 34.6 Å². The Bertz CT molecular complexity index is 1620. The van der Waals surface area contributed by atoms with Crippen molar-refractivity contribution >= 4 is 64.2 Å². The lowest BCUT2D eigenvalue weighted by Gasteiger charge is -2.12. The topological polar surface area (TPSA) is 292 Å². The molecule has 0 radical (unpaired) electrons. The predicted molar refractivity (Wildman–Crippen MR) is 375 cm³/mol. The van der Waals surface area contributed by atoms with Gasteiger partial charge in [0, 0.05) is 44.3 Å². The predicted octanol–water partition coefficient (Wildman–Crippen LogP) is 18.3. The van der Waals surface area contributed by atoms with Crippen molar-refractivity contribution in [3.63, 3.8) is 0 Å². The largest absolute Gasteiger partial charge is 0.478 e. The molecular weight excluding hydrogens is 1210 g/mol. The van der Waals surface area contributed by atoms with Crippen LogP contribution in [0.2, 0.25) is 0 Å². The highest BCUT2D eigenvalue weighted by Crippen LogP contribution is 2.16. The molecule has 550 valence electrons. The van der Waals surface area contributed by atoms with Crippen molar-refractivity contribution in [2.75, 3.05) is 39.6 Å². The summed E-state index contributed by atoms with van der Waals surface area (Å²) in [6.07, 6.45) is 56.7. The fraction of sp³-hybridized carbons (Fsp3) is 0.851. The number of Topliss-reactive ketones (excluding diaryl/α,β-unsaturated/α-hetero) is 2. The molecule has 19 heteroatoms. The van der Waals surface area contributed by atoms with Crippen LogP contribution >= 0.6 is 11.6 Å². The van der Waals surface area contributed by atoms with Crippen molar-refractivity contribution in [2.24, 2.45) is 0 Å². The maximum absolute atomic E-state index is 11.8. The number of ether oxygens (including phenoxy) is 4. The molecule has 0 fully saturated rings. The van der Waals surface area contributed by atoms with Gasteiger partial charge in [-0.2, -0.15) is 0 Å². The van der Waals surface area contributed by atoms with E-state index in [1.54, 1.807) is 0 Å². The van der Waals surface area contributed by atoms with Gasteiger partial charge in [0.05, 0.1) is 0 Å².